The van der Waals surface area contributed by atoms with E-state index in [0.717, 1.165) is 30.7 Å². The molecular formula is C25H32ClN3O. The minimum absolute atomic E-state index is 0.124. The van der Waals surface area contributed by atoms with Gasteiger partial charge in [-0.25, -0.2) is 4.98 Å². The van der Waals surface area contributed by atoms with E-state index in [4.69, 9.17) is 16.6 Å². The molecule has 0 aliphatic rings. The van der Waals surface area contributed by atoms with Gasteiger partial charge in [-0.05, 0) is 37.1 Å². The van der Waals surface area contributed by atoms with Gasteiger partial charge in [-0.1, -0.05) is 74.9 Å². The van der Waals surface area contributed by atoms with Gasteiger partial charge in [0.05, 0.1) is 21.6 Å². The van der Waals surface area contributed by atoms with Crippen molar-refractivity contribution in [3.63, 3.8) is 0 Å². The molecule has 1 heterocycles. The zero-order valence-electron chi connectivity index (χ0n) is 17.9. The Labute approximate surface area is 184 Å². The minimum Gasteiger partial charge on any atom is -0.352 e. The average Bonchev–Trinajstić information content (AvgIpc) is 3.11. The Morgan fingerprint density at radius 3 is 2.53 bits per heavy atom. The Kier molecular flexibility index (Phi) is 8.76. The van der Waals surface area contributed by atoms with Crippen molar-refractivity contribution in [3.05, 3.63) is 64.9 Å². The van der Waals surface area contributed by atoms with Gasteiger partial charge in [0.2, 0.25) is 0 Å². The third-order valence-corrected chi connectivity index (χ3v) is 5.78. The fourth-order valence-electron chi connectivity index (χ4n) is 3.81. The molecule has 0 atom stereocenters. The van der Waals surface area contributed by atoms with Crippen molar-refractivity contribution in [2.75, 3.05) is 6.54 Å². The summed E-state index contributed by atoms with van der Waals surface area (Å²) < 4.78 is 2.37. The van der Waals surface area contributed by atoms with Crippen LogP contribution in [0.25, 0.3) is 11.0 Å². The number of benzene rings is 2. The molecule has 30 heavy (non-hydrogen) atoms. The summed E-state index contributed by atoms with van der Waals surface area (Å²) in [6.07, 6.45) is 9.38. The molecule has 3 aromatic rings. The fourth-order valence-corrected chi connectivity index (χ4v) is 4.03. The summed E-state index contributed by atoms with van der Waals surface area (Å²) in [6.45, 7) is 3.86. The van der Waals surface area contributed by atoms with Crippen LogP contribution < -0.4 is 5.32 Å². The molecule has 1 amide bonds. The maximum absolute atomic E-state index is 12.3. The zero-order chi connectivity index (χ0) is 21.2. The van der Waals surface area contributed by atoms with Crippen LogP contribution in [-0.2, 0) is 13.0 Å². The Balaban J connectivity index is 1.54. The Morgan fingerprint density at radius 1 is 0.967 bits per heavy atom. The van der Waals surface area contributed by atoms with Crippen molar-refractivity contribution in [3.8, 4) is 0 Å². The number of aromatic nitrogens is 2. The lowest BCUT2D eigenvalue weighted by molar-refractivity contribution is 0.0953. The van der Waals surface area contributed by atoms with E-state index >= 15 is 0 Å². The van der Waals surface area contributed by atoms with E-state index in [1.54, 1.807) is 12.1 Å². The van der Waals surface area contributed by atoms with Crippen LogP contribution in [0.4, 0.5) is 0 Å². The van der Waals surface area contributed by atoms with Gasteiger partial charge >= 0.3 is 0 Å². The number of fused-ring (bicyclic) bond motifs is 1. The number of amides is 1. The predicted molar refractivity (Wildman–Crippen MR) is 125 cm³/mol. The van der Waals surface area contributed by atoms with E-state index in [1.165, 1.54) is 44.0 Å². The average molecular weight is 426 g/mol. The first-order valence-corrected chi connectivity index (χ1v) is 11.6. The van der Waals surface area contributed by atoms with Crippen molar-refractivity contribution in [2.45, 2.75) is 64.8 Å². The largest absolute Gasteiger partial charge is 0.352 e. The summed E-state index contributed by atoms with van der Waals surface area (Å²) in [5.41, 5.74) is 2.79. The van der Waals surface area contributed by atoms with E-state index in [-0.39, 0.29) is 5.91 Å². The predicted octanol–water partition coefficient (Wildman–Crippen LogP) is 6.41. The van der Waals surface area contributed by atoms with Crippen molar-refractivity contribution < 1.29 is 4.79 Å². The number of unbranched alkanes of at least 4 members (excludes halogenated alkanes) is 5. The van der Waals surface area contributed by atoms with Gasteiger partial charge < -0.3 is 9.88 Å². The number of halogens is 1. The maximum atomic E-state index is 12.3. The number of para-hydroxylation sites is 2. The molecule has 0 saturated heterocycles. The molecule has 0 fully saturated rings. The number of rotatable bonds is 12. The quantitative estimate of drug-likeness (QED) is 0.340. The molecule has 3 rings (SSSR count). The molecule has 0 spiro atoms. The topological polar surface area (TPSA) is 46.9 Å². The normalized spacial score (nSPS) is 11.1. The van der Waals surface area contributed by atoms with Crippen LogP contribution in [0.2, 0.25) is 5.02 Å². The smallest absolute Gasteiger partial charge is 0.252 e. The number of aryl methyl sites for hydroxylation is 2. The van der Waals surface area contributed by atoms with Crippen LogP contribution >= 0.6 is 11.6 Å². The third kappa shape index (κ3) is 6.09. The lowest BCUT2D eigenvalue weighted by Crippen LogP contribution is -2.25. The minimum atomic E-state index is -0.124. The Bertz CT molecular complexity index is 950. The highest BCUT2D eigenvalue weighted by Crippen LogP contribution is 2.19. The van der Waals surface area contributed by atoms with Gasteiger partial charge in [-0.2, -0.15) is 0 Å². The summed E-state index contributed by atoms with van der Waals surface area (Å²) in [7, 11) is 0. The Morgan fingerprint density at radius 2 is 1.70 bits per heavy atom. The zero-order valence-corrected chi connectivity index (χ0v) is 18.6. The second kappa shape index (κ2) is 11.8. The van der Waals surface area contributed by atoms with Gasteiger partial charge in [0.25, 0.3) is 5.91 Å². The number of carbonyl (C=O) groups is 1. The highest BCUT2D eigenvalue weighted by molar-refractivity contribution is 6.33. The van der Waals surface area contributed by atoms with E-state index in [0.29, 0.717) is 17.1 Å². The van der Waals surface area contributed by atoms with Crippen LogP contribution in [-0.4, -0.2) is 22.0 Å². The van der Waals surface area contributed by atoms with Gasteiger partial charge in [-0.3, -0.25) is 4.79 Å². The number of carbonyl (C=O) groups excluding carboxylic acids is 1. The number of nitrogens with zero attached hydrogens (tertiary/aromatic N) is 2. The summed E-state index contributed by atoms with van der Waals surface area (Å²) in [5, 5.41) is 3.46. The summed E-state index contributed by atoms with van der Waals surface area (Å²) in [6, 6.07) is 15.5. The molecule has 0 aliphatic heterocycles. The SMILES string of the molecule is CCCCCCCCn1c(CCCNC(=O)c2ccccc2Cl)nc2ccccc21. The maximum Gasteiger partial charge on any atom is 0.252 e. The van der Waals surface area contributed by atoms with Crippen LogP contribution in [0.1, 0.15) is 68.1 Å². The van der Waals surface area contributed by atoms with Crippen LogP contribution in [0, 0.1) is 0 Å². The number of hydrogen-bond donors (Lipinski definition) is 1. The van der Waals surface area contributed by atoms with Gasteiger partial charge in [0.1, 0.15) is 5.82 Å². The first kappa shape index (κ1) is 22.4. The number of hydrogen-bond acceptors (Lipinski definition) is 2. The van der Waals surface area contributed by atoms with Gasteiger partial charge in [0.15, 0.2) is 0 Å². The highest BCUT2D eigenvalue weighted by Gasteiger charge is 2.11. The molecular weight excluding hydrogens is 394 g/mol. The molecule has 5 heteroatoms. The van der Waals surface area contributed by atoms with E-state index in [2.05, 4.69) is 35.0 Å². The number of nitrogens with one attached hydrogen (secondary N) is 1. The van der Waals surface area contributed by atoms with Gasteiger partial charge in [0, 0.05) is 19.5 Å². The van der Waals surface area contributed by atoms with E-state index < -0.39 is 0 Å². The monoisotopic (exact) mass is 425 g/mol. The van der Waals surface area contributed by atoms with Crippen molar-refractivity contribution in [2.24, 2.45) is 0 Å². The molecule has 1 N–H and O–H groups in total. The Hall–Kier alpha value is -2.33. The van der Waals surface area contributed by atoms with Crippen LogP contribution in [0.5, 0.6) is 0 Å². The fraction of sp³-hybridized carbons (Fsp3) is 0.440. The first-order chi connectivity index (χ1) is 14.7. The van der Waals surface area contributed by atoms with Crippen LogP contribution in [0.15, 0.2) is 48.5 Å². The van der Waals surface area contributed by atoms with E-state index in [1.807, 2.05) is 18.2 Å². The first-order valence-electron chi connectivity index (χ1n) is 11.2. The summed E-state index contributed by atoms with van der Waals surface area (Å²) >= 11 is 6.11. The van der Waals surface area contributed by atoms with Crippen molar-refractivity contribution in [1.82, 2.24) is 14.9 Å². The second-order valence-electron chi connectivity index (χ2n) is 7.78. The third-order valence-electron chi connectivity index (χ3n) is 5.45. The lowest BCUT2D eigenvalue weighted by atomic mass is 10.1. The van der Waals surface area contributed by atoms with E-state index in [9.17, 15) is 4.79 Å². The van der Waals surface area contributed by atoms with Crippen molar-refractivity contribution >= 4 is 28.5 Å². The lowest BCUT2D eigenvalue weighted by Gasteiger charge is -2.10. The van der Waals surface area contributed by atoms with Crippen LogP contribution in [0.3, 0.4) is 0 Å². The standard InChI is InChI=1S/C25H32ClN3O/c1-2-3-4-5-6-11-19-29-23-16-10-9-15-22(23)28-24(29)17-12-18-27-25(30)20-13-7-8-14-21(20)26/h7-10,13-16H,2-6,11-12,17-19H2,1H3,(H,27,30). The molecule has 2 aromatic carbocycles. The molecule has 0 unspecified atom stereocenters. The summed E-state index contributed by atoms with van der Waals surface area (Å²) in [5.74, 6) is 0.984. The molecule has 0 bridgehead atoms. The molecule has 0 saturated carbocycles. The summed E-state index contributed by atoms with van der Waals surface area (Å²) in [4.78, 5) is 17.2. The van der Waals surface area contributed by atoms with Gasteiger partial charge in [-0.15, -0.1) is 0 Å². The second-order valence-corrected chi connectivity index (χ2v) is 8.18. The molecule has 1 aromatic heterocycles. The molecule has 0 radical (unpaired) electrons. The van der Waals surface area contributed by atoms with Crippen molar-refractivity contribution in [1.29, 1.82) is 0 Å². The molecule has 4 nitrogen and oxygen atoms in total. The highest BCUT2D eigenvalue weighted by atomic mass is 35.5. The molecule has 0 aliphatic carbocycles. The molecule has 160 valence electrons. The number of imidazole rings is 1.